The summed E-state index contributed by atoms with van der Waals surface area (Å²) in [5, 5.41) is 0. The molecule has 106 valence electrons. The van der Waals surface area contributed by atoms with Gasteiger partial charge in [-0.1, -0.05) is 0 Å². The molecule has 1 aliphatic heterocycles. The molecule has 1 saturated heterocycles. The fourth-order valence-electron chi connectivity index (χ4n) is 1.89. The lowest BCUT2D eigenvalue weighted by atomic mass is 10.1. The van der Waals surface area contributed by atoms with Crippen molar-refractivity contribution in [2.75, 3.05) is 20.1 Å². The summed E-state index contributed by atoms with van der Waals surface area (Å²) >= 11 is 0. The maximum atomic E-state index is 12.9. The minimum atomic E-state index is -5.85. The molecule has 1 amide bonds. The van der Waals surface area contributed by atoms with Crippen LogP contribution in [0.25, 0.3) is 0 Å². The molecule has 1 aliphatic rings. The standard InChI is InChI=1S/C10H15F5N2O/c1-6-4-17(5-7(2)16(6)3)8(18)9(11,12)10(13,14)15/h6-7H,4-5H2,1-3H3. The van der Waals surface area contributed by atoms with Gasteiger partial charge in [0.15, 0.2) is 0 Å². The SMILES string of the molecule is CC1CN(C(=O)C(F)(F)C(F)(F)F)CC(C)N1C. The van der Waals surface area contributed by atoms with Crippen LogP contribution >= 0.6 is 0 Å². The average Bonchev–Trinajstić information content (AvgIpc) is 2.22. The van der Waals surface area contributed by atoms with E-state index in [4.69, 9.17) is 0 Å². The largest absolute Gasteiger partial charge is 0.463 e. The van der Waals surface area contributed by atoms with Crippen molar-refractivity contribution >= 4 is 5.91 Å². The Bertz CT molecular complexity index is 319. The first kappa shape index (κ1) is 15.1. The van der Waals surface area contributed by atoms with Crippen LogP contribution in [-0.2, 0) is 4.79 Å². The van der Waals surface area contributed by atoms with E-state index in [1.54, 1.807) is 20.9 Å². The lowest BCUT2D eigenvalue weighted by Crippen LogP contribution is -2.61. The molecule has 0 aromatic heterocycles. The molecular formula is C10H15F5N2O. The van der Waals surface area contributed by atoms with Crippen molar-refractivity contribution in [2.45, 2.75) is 38.0 Å². The number of halogens is 5. The van der Waals surface area contributed by atoms with E-state index in [1.165, 1.54) is 0 Å². The lowest BCUT2D eigenvalue weighted by Gasteiger charge is -2.43. The van der Waals surface area contributed by atoms with Crippen LogP contribution in [0.15, 0.2) is 0 Å². The molecule has 0 saturated carbocycles. The maximum absolute atomic E-state index is 12.9. The molecule has 0 N–H and O–H groups in total. The molecular weight excluding hydrogens is 259 g/mol. The summed E-state index contributed by atoms with van der Waals surface area (Å²) in [6.45, 7) is 3.07. The fourth-order valence-corrected chi connectivity index (χ4v) is 1.89. The smallest absolute Gasteiger partial charge is 0.334 e. The number of carbonyl (C=O) groups is 1. The lowest BCUT2D eigenvalue weighted by molar-refractivity contribution is -0.275. The van der Waals surface area contributed by atoms with Gasteiger partial charge in [0, 0.05) is 25.2 Å². The maximum Gasteiger partial charge on any atom is 0.463 e. The number of rotatable bonds is 1. The van der Waals surface area contributed by atoms with Crippen LogP contribution in [0, 0.1) is 0 Å². The molecule has 0 bridgehead atoms. The van der Waals surface area contributed by atoms with Gasteiger partial charge in [-0.05, 0) is 20.9 Å². The topological polar surface area (TPSA) is 23.6 Å². The van der Waals surface area contributed by atoms with Crippen molar-refractivity contribution in [1.82, 2.24) is 9.80 Å². The molecule has 0 aromatic rings. The Kier molecular flexibility index (Phi) is 3.90. The van der Waals surface area contributed by atoms with Crippen LogP contribution in [0.3, 0.4) is 0 Å². The molecule has 1 heterocycles. The molecule has 8 heteroatoms. The van der Waals surface area contributed by atoms with Gasteiger partial charge in [-0.25, -0.2) is 0 Å². The first-order chi connectivity index (χ1) is 7.98. The average molecular weight is 274 g/mol. The zero-order valence-corrected chi connectivity index (χ0v) is 10.3. The Hall–Kier alpha value is -0.920. The molecule has 0 aromatic carbocycles. The van der Waals surface area contributed by atoms with Gasteiger partial charge in [0.25, 0.3) is 0 Å². The molecule has 1 rings (SSSR count). The molecule has 0 aliphatic carbocycles. The highest BCUT2D eigenvalue weighted by atomic mass is 19.4. The van der Waals surface area contributed by atoms with Crippen molar-refractivity contribution in [2.24, 2.45) is 0 Å². The highest BCUT2D eigenvalue weighted by Gasteiger charge is 2.64. The number of hydrogen-bond donors (Lipinski definition) is 0. The van der Waals surface area contributed by atoms with Gasteiger partial charge >= 0.3 is 18.0 Å². The number of piperazine rings is 1. The summed E-state index contributed by atoms with van der Waals surface area (Å²) in [5.41, 5.74) is 0. The molecule has 3 nitrogen and oxygen atoms in total. The van der Waals surface area contributed by atoms with E-state index in [2.05, 4.69) is 0 Å². The Morgan fingerprint density at radius 3 is 1.78 bits per heavy atom. The summed E-state index contributed by atoms with van der Waals surface area (Å²) in [6, 6.07) is -0.525. The zero-order valence-electron chi connectivity index (χ0n) is 10.3. The fraction of sp³-hybridized carbons (Fsp3) is 0.900. The van der Waals surface area contributed by atoms with Crippen LogP contribution in [-0.4, -0.2) is 60.0 Å². The van der Waals surface area contributed by atoms with Crippen molar-refractivity contribution < 1.29 is 26.7 Å². The Balaban J connectivity index is 2.86. The normalized spacial score (nSPS) is 27.4. The van der Waals surface area contributed by atoms with Gasteiger partial charge in [-0.15, -0.1) is 0 Å². The molecule has 0 spiro atoms. The second-order valence-electron chi connectivity index (χ2n) is 4.65. The van der Waals surface area contributed by atoms with Gasteiger partial charge in [0.1, 0.15) is 0 Å². The number of amides is 1. The first-order valence-electron chi connectivity index (χ1n) is 5.44. The summed E-state index contributed by atoms with van der Waals surface area (Å²) in [6.07, 6.45) is -5.85. The monoisotopic (exact) mass is 274 g/mol. The Labute approximate surface area is 102 Å². The third kappa shape index (κ3) is 2.57. The summed E-state index contributed by atoms with van der Waals surface area (Å²) in [4.78, 5) is 13.7. The van der Waals surface area contributed by atoms with Crippen LogP contribution in [0.5, 0.6) is 0 Å². The van der Waals surface area contributed by atoms with E-state index >= 15 is 0 Å². The van der Waals surface area contributed by atoms with Crippen LogP contribution in [0.4, 0.5) is 22.0 Å². The quantitative estimate of drug-likeness (QED) is 0.680. The minimum Gasteiger partial charge on any atom is -0.334 e. The first-order valence-corrected chi connectivity index (χ1v) is 5.44. The van der Waals surface area contributed by atoms with Crippen molar-refractivity contribution in [3.05, 3.63) is 0 Å². The predicted octanol–water partition coefficient (Wildman–Crippen LogP) is 1.74. The van der Waals surface area contributed by atoms with Crippen molar-refractivity contribution in [1.29, 1.82) is 0 Å². The van der Waals surface area contributed by atoms with Crippen molar-refractivity contribution in [3.8, 4) is 0 Å². The second kappa shape index (κ2) is 4.64. The zero-order chi connectivity index (χ0) is 14.3. The van der Waals surface area contributed by atoms with Gasteiger partial charge in [0.05, 0.1) is 0 Å². The molecule has 2 atom stereocenters. The molecule has 18 heavy (non-hydrogen) atoms. The third-order valence-electron chi connectivity index (χ3n) is 3.27. The van der Waals surface area contributed by atoms with E-state index in [-0.39, 0.29) is 25.2 Å². The molecule has 2 unspecified atom stereocenters. The summed E-state index contributed by atoms with van der Waals surface area (Å²) in [5.74, 6) is -7.48. The number of hydrogen-bond acceptors (Lipinski definition) is 2. The number of carbonyl (C=O) groups excluding carboxylic acids is 1. The second-order valence-corrected chi connectivity index (χ2v) is 4.65. The van der Waals surface area contributed by atoms with Crippen LogP contribution in [0.1, 0.15) is 13.8 Å². The van der Waals surface area contributed by atoms with Gasteiger partial charge < -0.3 is 4.90 Å². The van der Waals surface area contributed by atoms with E-state index in [1.807, 2.05) is 4.90 Å². The summed E-state index contributed by atoms with van der Waals surface area (Å²) < 4.78 is 62.2. The van der Waals surface area contributed by atoms with E-state index in [0.29, 0.717) is 4.90 Å². The molecule has 0 radical (unpaired) electrons. The van der Waals surface area contributed by atoms with Gasteiger partial charge in [-0.2, -0.15) is 22.0 Å². The van der Waals surface area contributed by atoms with E-state index in [9.17, 15) is 26.7 Å². The molecule has 1 fully saturated rings. The minimum absolute atomic E-state index is 0.134. The van der Waals surface area contributed by atoms with Crippen molar-refractivity contribution in [3.63, 3.8) is 0 Å². The van der Waals surface area contributed by atoms with E-state index < -0.39 is 18.0 Å². The number of alkyl halides is 5. The van der Waals surface area contributed by atoms with E-state index in [0.717, 1.165) is 0 Å². The van der Waals surface area contributed by atoms with Gasteiger partial charge in [-0.3, -0.25) is 9.69 Å². The predicted molar refractivity (Wildman–Crippen MR) is 54.3 cm³/mol. The number of likely N-dealkylation sites (N-methyl/N-ethyl adjacent to an activating group) is 1. The third-order valence-corrected chi connectivity index (χ3v) is 3.27. The Morgan fingerprint density at radius 2 is 1.44 bits per heavy atom. The Morgan fingerprint density at radius 1 is 1.06 bits per heavy atom. The van der Waals surface area contributed by atoms with Gasteiger partial charge in [0.2, 0.25) is 0 Å². The van der Waals surface area contributed by atoms with Crippen LogP contribution in [0.2, 0.25) is 0 Å². The van der Waals surface area contributed by atoms with Crippen LogP contribution < -0.4 is 0 Å². The number of nitrogens with zero attached hydrogens (tertiary/aromatic N) is 2. The highest BCUT2D eigenvalue weighted by Crippen LogP contribution is 2.37. The highest BCUT2D eigenvalue weighted by molar-refractivity contribution is 5.84. The summed E-state index contributed by atoms with van der Waals surface area (Å²) in [7, 11) is 1.74.